The summed E-state index contributed by atoms with van der Waals surface area (Å²) in [6.07, 6.45) is 1.90. The SMILES string of the molecule is CCc1ccc(S(=O)(=O)Nc2c(C(=O)O)cnn2C)cc1. The predicted octanol–water partition coefficient (Wildman–Crippen LogP) is 1.48. The molecule has 0 spiro atoms. The average Bonchev–Trinajstić information content (AvgIpc) is 2.80. The van der Waals surface area contributed by atoms with Crippen LogP contribution in [0.2, 0.25) is 0 Å². The number of carboxylic acid groups (broad SMARTS) is 1. The van der Waals surface area contributed by atoms with Gasteiger partial charge in [0, 0.05) is 7.05 Å². The van der Waals surface area contributed by atoms with Crippen LogP contribution < -0.4 is 4.72 Å². The maximum atomic E-state index is 12.3. The molecule has 1 aromatic carbocycles. The van der Waals surface area contributed by atoms with Gasteiger partial charge in [-0.3, -0.25) is 9.40 Å². The van der Waals surface area contributed by atoms with Gasteiger partial charge in [-0.25, -0.2) is 13.2 Å². The molecule has 2 aromatic rings. The van der Waals surface area contributed by atoms with Crippen LogP contribution in [-0.4, -0.2) is 29.3 Å². The zero-order chi connectivity index (χ0) is 15.6. The Kier molecular flexibility index (Phi) is 3.99. The molecule has 1 aromatic heterocycles. The Hall–Kier alpha value is -2.35. The molecular formula is C13H15N3O4S. The second-order valence-corrected chi connectivity index (χ2v) is 6.12. The number of carboxylic acids is 1. The lowest BCUT2D eigenvalue weighted by atomic mass is 10.2. The first-order valence-electron chi connectivity index (χ1n) is 6.22. The fourth-order valence-electron chi connectivity index (χ4n) is 1.81. The minimum absolute atomic E-state index is 0.0669. The van der Waals surface area contributed by atoms with Gasteiger partial charge in [-0.15, -0.1) is 0 Å². The summed E-state index contributed by atoms with van der Waals surface area (Å²) in [5.41, 5.74) is 0.812. The number of nitrogens with one attached hydrogen (secondary N) is 1. The van der Waals surface area contributed by atoms with E-state index in [9.17, 15) is 13.2 Å². The van der Waals surface area contributed by atoms with Crippen molar-refractivity contribution in [3.63, 3.8) is 0 Å². The van der Waals surface area contributed by atoms with E-state index in [-0.39, 0.29) is 16.3 Å². The molecule has 0 aliphatic rings. The van der Waals surface area contributed by atoms with Gasteiger partial charge in [-0.1, -0.05) is 19.1 Å². The van der Waals surface area contributed by atoms with Crippen LogP contribution in [0.1, 0.15) is 22.8 Å². The average molecular weight is 309 g/mol. The Bertz CT molecular complexity index is 763. The number of hydrogen-bond acceptors (Lipinski definition) is 4. The van der Waals surface area contributed by atoms with E-state index in [1.807, 2.05) is 6.92 Å². The van der Waals surface area contributed by atoms with E-state index < -0.39 is 16.0 Å². The molecule has 0 unspecified atom stereocenters. The third kappa shape index (κ3) is 3.05. The van der Waals surface area contributed by atoms with Gasteiger partial charge >= 0.3 is 5.97 Å². The lowest BCUT2D eigenvalue weighted by Crippen LogP contribution is -2.17. The van der Waals surface area contributed by atoms with Crippen molar-refractivity contribution in [3.05, 3.63) is 41.6 Å². The number of benzene rings is 1. The molecule has 112 valence electrons. The first-order chi connectivity index (χ1) is 9.85. The van der Waals surface area contributed by atoms with Crippen molar-refractivity contribution in [2.45, 2.75) is 18.2 Å². The van der Waals surface area contributed by atoms with Crippen molar-refractivity contribution in [3.8, 4) is 0 Å². The molecule has 0 aliphatic heterocycles. The number of aromatic nitrogens is 2. The monoisotopic (exact) mass is 309 g/mol. The van der Waals surface area contributed by atoms with Crippen molar-refractivity contribution < 1.29 is 18.3 Å². The first-order valence-corrected chi connectivity index (χ1v) is 7.70. The molecule has 8 heteroatoms. The summed E-state index contributed by atoms with van der Waals surface area (Å²) in [7, 11) is -2.40. The van der Waals surface area contributed by atoms with Crippen molar-refractivity contribution in [1.29, 1.82) is 0 Å². The summed E-state index contributed by atoms with van der Waals surface area (Å²) < 4.78 is 28.0. The highest BCUT2D eigenvalue weighted by atomic mass is 32.2. The zero-order valence-corrected chi connectivity index (χ0v) is 12.4. The second kappa shape index (κ2) is 5.57. The Morgan fingerprint density at radius 1 is 1.33 bits per heavy atom. The van der Waals surface area contributed by atoms with Gasteiger partial charge < -0.3 is 5.11 Å². The third-order valence-electron chi connectivity index (χ3n) is 3.04. The number of sulfonamides is 1. The number of nitrogens with zero attached hydrogens (tertiary/aromatic N) is 2. The van der Waals surface area contributed by atoms with Gasteiger partial charge in [0.15, 0.2) is 5.82 Å². The van der Waals surface area contributed by atoms with Crippen LogP contribution in [0.25, 0.3) is 0 Å². The normalized spacial score (nSPS) is 11.3. The topological polar surface area (TPSA) is 101 Å². The fraction of sp³-hybridized carbons (Fsp3) is 0.231. The number of hydrogen-bond donors (Lipinski definition) is 2. The van der Waals surface area contributed by atoms with Crippen LogP contribution in [-0.2, 0) is 23.5 Å². The van der Waals surface area contributed by atoms with E-state index in [4.69, 9.17) is 5.11 Å². The van der Waals surface area contributed by atoms with Gasteiger partial charge in [0.2, 0.25) is 0 Å². The summed E-state index contributed by atoms with van der Waals surface area (Å²) in [6, 6.07) is 6.40. The van der Waals surface area contributed by atoms with Crippen LogP contribution in [0.3, 0.4) is 0 Å². The largest absolute Gasteiger partial charge is 0.477 e. The molecule has 0 radical (unpaired) electrons. The maximum absolute atomic E-state index is 12.3. The molecule has 2 N–H and O–H groups in total. The van der Waals surface area contributed by atoms with Crippen molar-refractivity contribution in [2.75, 3.05) is 4.72 Å². The Labute approximate surface area is 122 Å². The lowest BCUT2D eigenvalue weighted by Gasteiger charge is -2.09. The summed E-state index contributed by atoms with van der Waals surface area (Å²) in [6.45, 7) is 1.97. The van der Waals surface area contributed by atoms with E-state index in [0.717, 1.165) is 18.2 Å². The van der Waals surface area contributed by atoms with Gasteiger partial charge in [-0.05, 0) is 24.1 Å². The maximum Gasteiger partial charge on any atom is 0.341 e. The lowest BCUT2D eigenvalue weighted by molar-refractivity contribution is 0.0698. The Balaban J connectivity index is 2.37. The number of aryl methyl sites for hydroxylation is 2. The molecule has 0 atom stereocenters. The van der Waals surface area contributed by atoms with Crippen LogP contribution in [0.15, 0.2) is 35.4 Å². The first kappa shape index (κ1) is 15.0. The molecule has 0 amide bonds. The third-order valence-corrected chi connectivity index (χ3v) is 4.40. The number of rotatable bonds is 5. The van der Waals surface area contributed by atoms with Crippen LogP contribution >= 0.6 is 0 Å². The Morgan fingerprint density at radius 3 is 2.48 bits per heavy atom. The molecule has 2 rings (SSSR count). The van der Waals surface area contributed by atoms with E-state index in [1.54, 1.807) is 12.1 Å². The number of carbonyl (C=O) groups is 1. The standard InChI is InChI=1S/C13H15N3O4S/c1-3-9-4-6-10(7-5-9)21(19,20)15-12-11(13(17)18)8-14-16(12)2/h4-8,15H,3H2,1-2H3,(H,17,18). The van der Waals surface area contributed by atoms with Crippen molar-refractivity contribution in [1.82, 2.24) is 9.78 Å². The minimum Gasteiger partial charge on any atom is -0.477 e. The fourth-order valence-corrected chi connectivity index (χ4v) is 2.91. The van der Waals surface area contributed by atoms with Gasteiger partial charge in [0.05, 0.1) is 11.1 Å². The molecule has 0 saturated heterocycles. The summed E-state index contributed by atoms with van der Waals surface area (Å²) in [5, 5.41) is 12.8. The van der Waals surface area contributed by atoms with E-state index >= 15 is 0 Å². The molecule has 0 saturated carbocycles. The summed E-state index contributed by atoms with van der Waals surface area (Å²) >= 11 is 0. The van der Waals surface area contributed by atoms with Gasteiger partial charge in [0.1, 0.15) is 5.56 Å². The molecule has 0 fully saturated rings. The minimum atomic E-state index is -3.86. The van der Waals surface area contributed by atoms with E-state index in [1.165, 1.54) is 23.9 Å². The molecule has 1 heterocycles. The van der Waals surface area contributed by atoms with Crippen LogP contribution in [0.5, 0.6) is 0 Å². The van der Waals surface area contributed by atoms with E-state index in [0.29, 0.717) is 0 Å². The molecule has 21 heavy (non-hydrogen) atoms. The highest BCUT2D eigenvalue weighted by Gasteiger charge is 2.21. The predicted molar refractivity (Wildman–Crippen MR) is 76.8 cm³/mol. The molecular weight excluding hydrogens is 294 g/mol. The van der Waals surface area contributed by atoms with Crippen molar-refractivity contribution in [2.24, 2.45) is 7.05 Å². The van der Waals surface area contributed by atoms with Crippen LogP contribution in [0.4, 0.5) is 5.82 Å². The Morgan fingerprint density at radius 2 is 1.95 bits per heavy atom. The van der Waals surface area contributed by atoms with Gasteiger partial charge in [0.25, 0.3) is 10.0 Å². The van der Waals surface area contributed by atoms with Crippen molar-refractivity contribution >= 4 is 21.8 Å². The van der Waals surface area contributed by atoms with E-state index in [2.05, 4.69) is 9.82 Å². The number of anilines is 1. The molecule has 7 nitrogen and oxygen atoms in total. The highest BCUT2D eigenvalue weighted by molar-refractivity contribution is 7.92. The van der Waals surface area contributed by atoms with Gasteiger partial charge in [-0.2, -0.15) is 5.10 Å². The molecule has 0 bridgehead atoms. The second-order valence-electron chi connectivity index (χ2n) is 4.44. The smallest absolute Gasteiger partial charge is 0.341 e. The zero-order valence-electron chi connectivity index (χ0n) is 11.6. The summed E-state index contributed by atoms with van der Waals surface area (Å²) in [4.78, 5) is 11.1. The summed E-state index contributed by atoms with van der Waals surface area (Å²) in [5.74, 6) is -1.33. The molecule has 0 aliphatic carbocycles. The highest BCUT2D eigenvalue weighted by Crippen LogP contribution is 2.20. The van der Waals surface area contributed by atoms with Crippen LogP contribution in [0, 0.1) is 0 Å². The quantitative estimate of drug-likeness (QED) is 0.871. The number of aromatic carboxylic acids is 1.